The molecule has 1 amide bonds. The fraction of sp³-hybridized carbons (Fsp3) is 0.182. The summed E-state index contributed by atoms with van der Waals surface area (Å²) < 4.78 is 0.614. The molecule has 1 rings (SSSR count). The van der Waals surface area contributed by atoms with Gasteiger partial charge in [-0.15, -0.1) is 12.3 Å². The Hall–Kier alpha value is -1.47. The minimum absolute atomic E-state index is 0.176. The van der Waals surface area contributed by atoms with Crippen molar-refractivity contribution in [2.75, 3.05) is 12.3 Å². The molecule has 0 saturated heterocycles. The van der Waals surface area contributed by atoms with Gasteiger partial charge in [0.25, 0.3) is 5.91 Å². The van der Waals surface area contributed by atoms with Crippen molar-refractivity contribution in [2.45, 2.75) is 6.42 Å². The SMILES string of the molecule is C#CCCNC(=O)c1cccc(N)c1Br. The average molecular weight is 267 g/mol. The third-order valence-corrected chi connectivity index (χ3v) is 2.71. The molecule has 1 aromatic carbocycles. The van der Waals surface area contributed by atoms with Gasteiger partial charge in [-0.1, -0.05) is 6.07 Å². The third-order valence-electron chi connectivity index (χ3n) is 1.83. The normalized spacial score (nSPS) is 9.33. The molecule has 0 aliphatic heterocycles. The van der Waals surface area contributed by atoms with E-state index in [1.165, 1.54) is 0 Å². The van der Waals surface area contributed by atoms with Gasteiger partial charge in [0.05, 0.1) is 10.0 Å². The van der Waals surface area contributed by atoms with Crippen molar-refractivity contribution in [1.29, 1.82) is 0 Å². The Morgan fingerprint density at radius 3 is 3.00 bits per heavy atom. The minimum atomic E-state index is -0.176. The summed E-state index contributed by atoms with van der Waals surface area (Å²) in [6, 6.07) is 5.16. The smallest absolute Gasteiger partial charge is 0.252 e. The number of hydrogen-bond donors (Lipinski definition) is 2. The van der Waals surface area contributed by atoms with Crippen LogP contribution in [-0.4, -0.2) is 12.5 Å². The topological polar surface area (TPSA) is 55.1 Å². The van der Waals surface area contributed by atoms with Crippen molar-refractivity contribution in [1.82, 2.24) is 5.32 Å². The molecule has 3 nitrogen and oxygen atoms in total. The summed E-state index contributed by atoms with van der Waals surface area (Å²) in [7, 11) is 0. The number of carbonyl (C=O) groups excluding carboxylic acids is 1. The van der Waals surface area contributed by atoms with Gasteiger partial charge in [-0.3, -0.25) is 4.79 Å². The lowest BCUT2D eigenvalue weighted by molar-refractivity contribution is 0.0954. The maximum atomic E-state index is 11.6. The molecule has 0 aliphatic rings. The van der Waals surface area contributed by atoms with Crippen LogP contribution >= 0.6 is 15.9 Å². The summed E-state index contributed by atoms with van der Waals surface area (Å²) in [4.78, 5) is 11.6. The van der Waals surface area contributed by atoms with E-state index >= 15 is 0 Å². The van der Waals surface area contributed by atoms with Gasteiger partial charge in [0, 0.05) is 18.7 Å². The predicted octanol–water partition coefficient (Wildman–Crippen LogP) is 1.78. The van der Waals surface area contributed by atoms with E-state index < -0.39 is 0 Å². The van der Waals surface area contributed by atoms with Gasteiger partial charge in [0.1, 0.15) is 0 Å². The van der Waals surface area contributed by atoms with Crippen LogP contribution in [0.15, 0.2) is 22.7 Å². The Bertz CT molecular complexity index is 410. The fourth-order valence-electron chi connectivity index (χ4n) is 1.07. The highest BCUT2D eigenvalue weighted by molar-refractivity contribution is 9.10. The van der Waals surface area contributed by atoms with Gasteiger partial charge in [0.15, 0.2) is 0 Å². The summed E-state index contributed by atoms with van der Waals surface area (Å²) >= 11 is 3.26. The molecule has 0 radical (unpaired) electrons. The molecule has 0 aliphatic carbocycles. The van der Waals surface area contributed by atoms with Crippen molar-refractivity contribution in [3.8, 4) is 12.3 Å². The highest BCUT2D eigenvalue weighted by Gasteiger charge is 2.10. The zero-order valence-electron chi connectivity index (χ0n) is 8.09. The first-order valence-electron chi connectivity index (χ1n) is 4.42. The van der Waals surface area contributed by atoms with E-state index in [1.54, 1.807) is 18.2 Å². The van der Waals surface area contributed by atoms with Gasteiger partial charge >= 0.3 is 0 Å². The lowest BCUT2D eigenvalue weighted by Crippen LogP contribution is -2.24. The summed E-state index contributed by atoms with van der Waals surface area (Å²) in [5, 5.41) is 2.70. The number of amides is 1. The summed E-state index contributed by atoms with van der Waals surface area (Å²) in [6.07, 6.45) is 5.60. The number of nitrogens with two attached hydrogens (primary N) is 1. The van der Waals surface area contributed by atoms with Gasteiger partial charge < -0.3 is 11.1 Å². The second kappa shape index (κ2) is 5.42. The summed E-state index contributed by atoms with van der Waals surface area (Å²) in [5.41, 5.74) is 6.72. The summed E-state index contributed by atoms with van der Waals surface area (Å²) in [5.74, 6) is 2.27. The van der Waals surface area contributed by atoms with Gasteiger partial charge in [-0.25, -0.2) is 0 Å². The Labute approximate surface area is 97.2 Å². The highest BCUT2D eigenvalue weighted by atomic mass is 79.9. The monoisotopic (exact) mass is 266 g/mol. The largest absolute Gasteiger partial charge is 0.398 e. The number of nitrogens with one attached hydrogen (secondary N) is 1. The van der Waals surface area contributed by atoms with Crippen molar-refractivity contribution in [2.24, 2.45) is 0 Å². The van der Waals surface area contributed by atoms with Crippen molar-refractivity contribution < 1.29 is 4.79 Å². The third kappa shape index (κ3) is 3.00. The molecule has 0 spiro atoms. The number of anilines is 1. The number of terminal acetylenes is 1. The van der Waals surface area contributed by atoms with Gasteiger partial charge in [0.2, 0.25) is 0 Å². The number of halogens is 1. The lowest BCUT2D eigenvalue weighted by Gasteiger charge is -2.06. The van der Waals surface area contributed by atoms with E-state index in [0.717, 1.165) is 0 Å². The van der Waals surface area contributed by atoms with Crippen LogP contribution in [0, 0.1) is 12.3 Å². The lowest BCUT2D eigenvalue weighted by atomic mass is 10.2. The molecule has 0 saturated carbocycles. The number of rotatable bonds is 3. The van der Waals surface area contributed by atoms with Gasteiger partial charge in [-0.05, 0) is 28.1 Å². The Morgan fingerprint density at radius 2 is 2.33 bits per heavy atom. The Morgan fingerprint density at radius 1 is 1.60 bits per heavy atom. The van der Waals surface area contributed by atoms with Crippen LogP contribution in [0.1, 0.15) is 16.8 Å². The second-order valence-electron chi connectivity index (χ2n) is 2.92. The second-order valence-corrected chi connectivity index (χ2v) is 3.71. The van der Waals surface area contributed by atoms with Crippen LogP contribution in [0.3, 0.4) is 0 Å². The number of nitrogen functional groups attached to an aromatic ring is 1. The minimum Gasteiger partial charge on any atom is -0.398 e. The number of hydrogen-bond acceptors (Lipinski definition) is 2. The molecule has 15 heavy (non-hydrogen) atoms. The Balaban J connectivity index is 2.75. The van der Waals surface area contributed by atoms with E-state index in [4.69, 9.17) is 12.2 Å². The molecule has 4 heteroatoms. The molecule has 0 atom stereocenters. The summed E-state index contributed by atoms with van der Waals surface area (Å²) in [6.45, 7) is 0.469. The van der Waals surface area contributed by atoms with E-state index in [1.807, 2.05) is 0 Å². The zero-order valence-corrected chi connectivity index (χ0v) is 9.67. The van der Waals surface area contributed by atoms with Crippen LogP contribution < -0.4 is 11.1 Å². The van der Waals surface area contributed by atoms with Crippen molar-refractivity contribution >= 4 is 27.5 Å². The Kier molecular flexibility index (Phi) is 4.19. The van der Waals surface area contributed by atoms with Gasteiger partial charge in [-0.2, -0.15) is 0 Å². The van der Waals surface area contributed by atoms with Crippen molar-refractivity contribution in [3.05, 3.63) is 28.2 Å². The molecule has 0 heterocycles. The van der Waals surface area contributed by atoms with Crippen LogP contribution in [0.5, 0.6) is 0 Å². The predicted molar refractivity (Wildman–Crippen MR) is 64.3 cm³/mol. The highest BCUT2D eigenvalue weighted by Crippen LogP contribution is 2.23. The quantitative estimate of drug-likeness (QED) is 0.498. The number of carbonyl (C=O) groups is 1. The average Bonchev–Trinajstić information content (AvgIpc) is 2.22. The van der Waals surface area contributed by atoms with Crippen molar-refractivity contribution in [3.63, 3.8) is 0 Å². The first-order chi connectivity index (χ1) is 7.16. The molecule has 0 unspecified atom stereocenters. The van der Waals surface area contributed by atoms with Crippen LogP contribution in [0.4, 0.5) is 5.69 Å². The molecule has 1 aromatic rings. The molecule has 3 N–H and O–H groups in total. The molecule has 0 aromatic heterocycles. The maximum absolute atomic E-state index is 11.6. The molecule has 78 valence electrons. The van der Waals surface area contributed by atoms with Crippen LogP contribution in [-0.2, 0) is 0 Å². The molecule has 0 fully saturated rings. The van der Waals surface area contributed by atoms with E-state index in [2.05, 4.69) is 27.2 Å². The fourth-order valence-corrected chi connectivity index (χ4v) is 1.51. The first kappa shape index (κ1) is 11.6. The maximum Gasteiger partial charge on any atom is 0.252 e. The van der Waals surface area contributed by atoms with E-state index in [9.17, 15) is 4.79 Å². The van der Waals surface area contributed by atoms with E-state index in [-0.39, 0.29) is 5.91 Å². The van der Waals surface area contributed by atoms with E-state index in [0.29, 0.717) is 28.7 Å². The standard InChI is InChI=1S/C11H11BrN2O/c1-2-3-7-14-11(15)8-5-4-6-9(13)10(8)12/h1,4-6H,3,7,13H2,(H,14,15). The molecular weight excluding hydrogens is 256 g/mol. The zero-order chi connectivity index (χ0) is 11.3. The molecule has 0 bridgehead atoms. The molecular formula is C11H11BrN2O. The number of benzene rings is 1. The first-order valence-corrected chi connectivity index (χ1v) is 5.21. The van der Waals surface area contributed by atoms with Crippen LogP contribution in [0.2, 0.25) is 0 Å². The van der Waals surface area contributed by atoms with Crippen LogP contribution in [0.25, 0.3) is 0 Å².